The van der Waals surface area contributed by atoms with Crippen molar-refractivity contribution >= 4 is 17.8 Å². The third kappa shape index (κ3) is 2.20. The van der Waals surface area contributed by atoms with E-state index in [1.165, 1.54) is 0 Å². The maximum absolute atomic E-state index is 11.5. The summed E-state index contributed by atoms with van der Waals surface area (Å²) in [7, 11) is 0. The molecule has 1 atom stereocenters. The van der Waals surface area contributed by atoms with Crippen molar-refractivity contribution in [1.29, 1.82) is 0 Å². The van der Waals surface area contributed by atoms with Crippen molar-refractivity contribution in [3.05, 3.63) is 0 Å². The Morgan fingerprint density at radius 3 is 2.50 bits per heavy atom. The predicted molar refractivity (Wildman–Crippen MR) is 47.7 cm³/mol. The van der Waals surface area contributed by atoms with E-state index in [0.717, 1.165) is 0 Å². The van der Waals surface area contributed by atoms with Crippen molar-refractivity contribution < 1.29 is 28.7 Å². The van der Waals surface area contributed by atoms with E-state index in [0.29, 0.717) is 18.3 Å². The minimum absolute atomic E-state index is 0.0775. The molecule has 0 saturated carbocycles. The highest BCUT2D eigenvalue weighted by Gasteiger charge is 2.35. The fourth-order valence-electron chi connectivity index (χ4n) is 1.43. The summed E-state index contributed by atoms with van der Waals surface area (Å²) in [5, 5.41) is 0.500. The van der Waals surface area contributed by atoms with Crippen LogP contribution in [-0.2, 0) is 28.7 Å². The van der Waals surface area contributed by atoms with Crippen LogP contribution in [0, 0.1) is 0 Å². The second kappa shape index (κ2) is 4.58. The third-order valence-corrected chi connectivity index (χ3v) is 2.27. The second-order valence-electron chi connectivity index (χ2n) is 3.43. The van der Waals surface area contributed by atoms with Gasteiger partial charge in [-0.25, -0.2) is 4.79 Å². The van der Waals surface area contributed by atoms with Crippen LogP contribution >= 0.6 is 0 Å². The van der Waals surface area contributed by atoms with E-state index in [-0.39, 0.29) is 19.4 Å². The SMILES string of the molecule is O=C(ON1C(=O)CCC1=O)C1COCCO1. The van der Waals surface area contributed by atoms with Gasteiger partial charge < -0.3 is 14.3 Å². The van der Waals surface area contributed by atoms with E-state index in [1.807, 2.05) is 0 Å². The van der Waals surface area contributed by atoms with Crippen LogP contribution in [0.4, 0.5) is 0 Å². The average Bonchev–Trinajstić information content (AvgIpc) is 2.62. The zero-order valence-corrected chi connectivity index (χ0v) is 8.51. The number of carbonyl (C=O) groups is 3. The topological polar surface area (TPSA) is 82.1 Å². The maximum atomic E-state index is 11.5. The second-order valence-corrected chi connectivity index (χ2v) is 3.43. The molecule has 1 unspecified atom stereocenters. The van der Waals surface area contributed by atoms with Gasteiger partial charge in [-0.3, -0.25) is 9.59 Å². The summed E-state index contributed by atoms with van der Waals surface area (Å²) in [5.74, 6) is -1.78. The van der Waals surface area contributed by atoms with Gasteiger partial charge in [0.25, 0.3) is 11.8 Å². The lowest BCUT2D eigenvalue weighted by molar-refractivity contribution is -0.211. The molecule has 2 saturated heterocycles. The van der Waals surface area contributed by atoms with E-state index >= 15 is 0 Å². The van der Waals surface area contributed by atoms with E-state index in [2.05, 4.69) is 4.84 Å². The molecule has 2 rings (SSSR count). The lowest BCUT2D eigenvalue weighted by Gasteiger charge is -2.22. The number of amides is 2. The van der Waals surface area contributed by atoms with Crippen LogP contribution in [0.3, 0.4) is 0 Å². The Morgan fingerprint density at radius 1 is 1.25 bits per heavy atom. The number of nitrogens with zero attached hydrogens (tertiary/aromatic N) is 1. The van der Waals surface area contributed by atoms with Gasteiger partial charge in [-0.1, -0.05) is 0 Å². The van der Waals surface area contributed by atoms with Gasteiger partial charge in [0.1, 0.15) is 0 Å². The minimum atomic E-state index is -0.866. The molecule has 2 aliphatic rings. The molecular weight excluding hydrogens is 218 g/mol. The Kier molecular flexibility index (Phi) is 3.16. The maximum Gasteiger partial charge on any atom is 0.364 e. The van der Waals surface area contributed by atoms with Gasteiger partial charge in [0.2, 0.25) is 0 Å². The van der Waals surface area contributed by atoms with Gasteiger partial charge in [-0.2, -0.15) is 0 Å². The molecule has 88 valence electrons. The van der Waals surface area contributed by atoms with E-state index in [4.69, 9.17) is 9.47 Å². The van der Waals surface area contributed by atoms with Crippen LogP contribution < -0.4 is 0 Å². The number of hydrogen-bond acceptors (Lipinski definition) is 6. The minimum Gasteiger partial charge on any atom is -0.376 e. The first-order valence-corrected chi connectivity index (χ1v) is 4.95. The van der Waals surface area contributed by atoms with Crippen LogP contribution in [0.15, 0.2) is 0 Å². The fraction of sp³-hybridized carbons (Fsp3) is 0.667. The van der Waals surface area contributed by atoms with Crippen LogP contribution in [-0.4, -0.2) is 48.8 Å². The van der Waals surface area contributed by atoms with Crippen molar-refractivity contribution in [2.75, 3.05) is 19.8 Å². The molecule has 0 bridgehead atoms. The van der Waals surface area contributed by atoms with Gasteiger partial charge >= 0.3 is 5.97 Å². The van der Waals surface area contributed by atoms with Gasteiger partial charge in [0, 0.05) is 12.8 Å². The average molecular weight is 229 g/mol. The van der Waals surface area contributed by atoms with Gasteiger partial charge in [-0.05, 0) is 0 Å². The van der Waals surface area contributed by atoms with Gasteiger partial charge in [0.15, 0.2) is 6.10 Å². The quantitative estimate of drug-likeness (QED) is 0.565. The van der Waals surface area contributed by atoms with Crippen molar-refractivity contribution in [1.82, 2.24) is 5.06 Å². The summed E-state index contributed by atoms with van der Waals surface area (Å²) in [6, 6.07) is 0. The molecule has 7 heteroatoms. The Morgan fingerprint density at radius 2 is 1.94 bits per heavy atom. The standard InChI is InChI=1S/C9H11NO6/c11-7-1-2-8(12)10(7)16-9(13)6-5-14-3-4-15-6/h6H,1-5H2. The number of imide groups is 1. The highest BCUT2D eigenvalue weighted by Crippen LogP contribution is 2.13. The van der Waals surface area contributed by atoms with Crippen LogP contribution in [0.25, 0.3) is 0 Å². The van der Waals surface area contributed by atoms with E-state index in [1.54, 1.807) is 0 Å². The summed E-state index contributed by atoms with van der Waals surface area (Å²) in [5.41, 5.74) is 0. The van der Waals surface area contributed by atoms with Crippen LogP contribution in [0.5, 0.6) is 0 Å². The largest absolute Gasteiger partial charge is 0.376 e. The van der Waals surface area contributed by atoms with Crippen molar-refractivity contribution in [2.24, 2.45) is 0 Å². The Hall–Kier alpha value is -1.47. The highest BCUT2D eigenvalue weighted by molar-refractivity contribution is 6.01. The molecule has 0 radical (unpaired) electrons. The number of hydrogen-bond donors (Lipinski definition) is 0. The smallest absolute Gasteiger partial charge is 0.364 e. The summed E-state index contributed by atoms with van der Waals surface area (Å²) in [6.45, 7) is 0.794. The molecule has 0 aromatic heterocycles. The van der Waals surface area contributed by atoms with E-state index in [9.17, 15) is 14.4 Å². The van der Waals surface area contributed by atoms with Crippen molar-refractivity contribution in [3.8, 4) is 0 Å². The number of hydroxylamine groups is 2. The zero-order chi connectivity index (χ0) is 11.5. The molecule has 0 N–H and O–H groups in total. The molecule has 7 nitrogen and oxygen atoms in total. The molecule has 0 aromatic carbocycles. The molecule has 0 spiro atoms. The first-order chi connectivity index (χ1) is 7.68. The lowest BCUT2D eigenvalue weighted by Crippen LogP contribution is -2.41. The third-order valence-electron chi connectivity index (χ3n) is 2.27. The molecule has 2 fully saturated rings. The van der Waals surface area contributed by atoms with Crippen LogP contribution in [0.2, 0.25) is 0 Å². The first-order valence-electron chi connectivity index (χ1n) is 4.95. The molecule has 16 heavy (non-hydrogen) atoms. The normalized spacial score (nSPS) is 26.0. The monoisotopic (exact) mass is 229 g/mol. The van der Waals surface area contributed by atoms with Gasteiger partial charge in [-0.15, -0.1) is 5.06 Å². The van der Waals surface area contributed by atoms with E-state index < -0.39 is 23.9 Å². The summed E-state index contributed by atoms with van der Waals surface area (Å²) >= 11 is 0. The summed E-state index contributed by atoms with van der Waals surface area (Å²) < 4.78 is 10.1. The number of rotatable bonds is 2. The molecule has 0 aliphatic carbocycles. The van der Waals surface area contributed by atoms with Crippen LogP contribution in [0.1, 0.15) is 12.8 Å². The Bertz CT molecular complexity index is 306. The van der Waals surface area contributed by atoms with Crippen molar-refractivity contribution in [2.45, 2.75) is 18.9 Å². The zero-order valence-electron chi connectivity index (χ0n) is 8.51. The fourth-order valence-corrected chi connectivity index (χ4v) is 1.43. The number of ether oxygens (including phenoxy) is 2. The first kappa shape index (κ1) is 11.0. The Balaban J connectivity index is 1.90. The molecule has 0 aromatic rings. The molecule has 2 aliphatic heterocycles. The summed E-state index contributed by atoms with van der Waals surface area (Å²) in [6.07, 6.45) is -0.711. The lowest BCUT2D eigenvalue weighted by atomic mass is 10.3. The predicted octanol–water partition coefficient (Wildman–Crippen LogP) is -0.991. The molecule has 2 amide bonds. The Labute approximate surface area is 91.2 Å². The van der Waals surface area contributed by atoms with Crippen molar-refractivity contribution in [3.63, 3.8) is 0 Å². The number of carbonyl (C=O) groups excluding carboxylic acids is 3. The molecule has 2 heterocycles. The summed E-state index contributed by atoms with van der Waals surface area (Å²) in [4.78, 5) is 38.5. The highest BCUT2D eigenvalue weighted by atomic mass is 16.7. The molecular formula is C9H11NO6. The van der Waals surface area contributed by atoms with Gasteiger partial charge in [0.05, 0.1) is 19.8 Å².